The minimum absolute atomic E-state index is 0.125. The van der Waals surface area contributed by atoms with E-state index in [1.807, 2.05) is 19.9 Å². The molecule has 2 N–H and O–H groups in total. The van der Waals surface area contributed by atoms with Gasteiger partial charge in [0.15, 0.2) is 0 Å². The van der Waals surface area contributed by atoms with Gasteiger partial charge in [0, 0.05) is 23.4 Å². The third-order valence-corrected chi connectivity index (χ3v) is 5.32. The van der Waals surface area contributed by atoms with Crippen molar-refractivity contribution in [2.75, 3.05) is 16.6 Å². The first-order valence-corrected chi connectivity index (χ1v) is 8.69. The van der Waals surface area contributed by atoms with Gasteiger partial charge in [-0.2, -0.15) is 0 Å². The smallest absolute Gasteiger partial charge is 0.265 e. The third kappa shape index (κ3) is 3.54. The Labute approximate surface area is 133 Å². The molecule has 0 bridgehead atoms. The summed E-state index contributed by atoms with van der Waals surface area (Å²) in [6, 6.07) is 7.05. The van der Waals surface area contributed by atoms with E-state index in [9.17, 15) is 8.42 Å². The monoisotopic (exact) mass is 369 g/mol. The molecule has 21 heavy (non-hydrogen) atoms. The van der Waals surface area contributed by atoms with E-state index >= 15 is 0 Å². The molecule has 0 aliphatic carbocycles. The number of pyridine rings is 1. The summed E-state index contributed by atoms with van der Waals surface area (Å²) < 4.78 is 28.4. The van der Waals surface area contributed by atoms with Crippen LogP contribution in [0.25, 0.3) is 0 Å². The molecule has 1 aromatic carbocycles. The van der Waals surface area contributed by atoms with Gasteiger partial charge in [0.1, 0.15) is 4.90 Å². The summed E-state index contributed by atoms with van der Waals surface area (Å²) in [6.07, 6.45) is 2.89. The lowest BCUT2D eigenvalue weighted by Gasteiger charge is -2.14. The standard InChI is InChI=1S/C14H16BrN3O2S/c1-3-17-11-7-8-16-9-13(11)21(19,20)18-12-6-4-5-10(2)14(12)15/h4-9,18H,3H2,1-2H3,(H,16,17). The molecule has 2 rings (SSSR count). The normalized spacial score (nSPS) is 11.2. The van der Waals surface area contributed by atoms with Gasteiger partial charge in [0.25, 0.3) is 10.0 Å². The Morgan fingerprint density at radius 2 is 2.00 bits per heavy atom. The van der Waals surface area contributed by atoms with Crippen molar-refractivity contribution in [2.24, 2.45) is 0 Å². The first-order valence-electron chi connectivity index (χ1n) is 6.41. The third-order valence-electron chi connectivity index (χ3n) is 2.88. The average molecular weight is 370 g/mol. The van der Waals surface area contributed by atoms with E-state index in [0.717, 1.165) is 10.0 Å². The predicted molar refractivity (Wildman–Crippen MR) is 88.1 cm³/mol. The highest BCUT2D eigenvalue weighted by atomic mass is 79.9. The zero-order valence-electron chi connectivity index (χ0n) is 11.7. The maximum absolute atomic E-state index is 12.5. The van der Waals surface area contributed by atoms with E-state index in [-0.39, 0.29) is 4.90 Å². The van der Waals surface area contributed by atoms with Gasteiger partial charge in [-0.1, -0.05) is 12.1 Å². The number of halogens is 1. The SMILES string of the molecule is CCNc1ccncc1S(=O)(=O)Nc1cccc(C)c1Br. The second kappa shape index (κ2) is 6.44. The summed E-state index contributed by atoms with van der Waals surface area (Å²) in [5.41, 5.74) is 1.98. The topological polar surface area (TPSA) is 71.1 Å². The Morgan fingerprint density at radius 1 is 1.24 bits per heavy atom. The first-order chi connectivity index (χ1) is 9.95. The van der Waals surface area contributed by atoms with E-state index in [2.05, 4.69) is 31.0 Å². The van der Waals surface area contributed by atoms with Crippen molar-refractivity contribution < 1.29 is 8.42 Å². The Bertz CT molecular complexity index is 748. The summed E-state index contributed by atoms with van der Waals surface area (Å²) in [5.74, 6) is 0. The molecular weight excluding hydrogens is 354 g/mol. The molecule has 0 atom stereocenters. The Balaban J connectivity index is 2.41. The largest absolute Gasteiger partial charge is 0.384 e. The van der Waals surface area contributed by atoms with Gasteiger partial charge in [0.2, 0.25) is 0 Å². The number of hydrogen-bond donors (Lipinski definition) is 2. The molecular formula is C14H16BrN3O2S. The molecule has 2 aromatic rings. The average Bonchev–Trinajstić information content (AvgIpc) is 2.44. The number of hydrogen-bond acceptors (Lipinski definition) is 4. The molecule has 1 aromatic heterocycles. The Kier molecular flexibility index (Phi) is 4.84. The van der Waals surface area contributed by atoms with Gasteiger partial charge in [-0.25, -0.2) is 8.42 Å². The molecule has 0 saturated heterocycles. The van der Waals surface area contributed by atoms with Crippen LogP contribution in [0.1, 0.15) is 12.5 Å². The highest BCUT2D eigenvalue weighted by molar-refractivity contribution is 9.10. The maximum atomic E-state index is 12.5. The van der Waals surface area contributed by atoms with Gasteiger partial charge < -0.3 is 5.32 Å². The minimum Gasteiger partial charge on any atom is -0.384 e. The molecule has 0 amide bonds. The van der Waals surface area contributed by atoms with Crippen LogP contribution in [0.3, 0.4) is 0 Å². The maximum Gasteiger partial charge on any atom is 0.265 e. The minimum atomic E-state index is -3.71. The number of aromatic nitrogens is 1. The van der Waals surface area contributed by atoms with Crippen LogP contribution in [-0.2, 0) is 10.0 Å². The zero-order chi connectivity index (χ0) is 15.5. The summed E-state index contributed by atoms with van der Waals surface area (Å²) in [4.78, 5) is 4.03. The van der Waals surface area contributed by atoms with Gasteiger partial charge in [-0.05, 0) is 47.5 Å². The van der Waals surface area contributed by atoms with E-state index in [4.69, 9.17) is 0 Å². The van der Waals surface area contributed by atoms with E-state index in [1.165, 1.54) is 6.20 Å². The highest BCUT2D eigenvalue weighted by Crippen LogP contribution is 2.29. The molecule has 0 spiro atoms. The van der Waals surface area contributed by atoms with Crippen LogP contribution in [0.5, 0.6) is 0 Å². The fourth-order valence-electron chi connectivity index (χ4n) is 1.86. The van der Waals surface area contributed by atoms with Crippen molar-refractivity contribution >= 4 is 37.3 Å². The number of sulfonamides is 1. The van der Waals surface area contributed by atoms with Crippen LogP contribution in [0.15, 0.2) is 46.0 Å². The zero-order valence-corrected chi connectivity index (χ0v) is 14.1. The van der Waals surface area contributed by atoms with Crippen LogP contribution in [0.4, 0.5) is 11.4 Å². The molecule has 0 unspecified atom stereocenters. The van der Waals surface area contributed by atoms with Crippen LogP contribution >= 0.6 is 15.9 Å². The molecule has 0 saturated carbocycles. The summed E-state index contributed by atoms with van der Waals surface area (Å²) >= 11 is 3.40. The van der Waals surface area contributed by atoms with Gasteiger partial charge in [0.05, 0.1) is 11.4 Å². The van der Waals surface area contributed by atoms with Crippen LogP contribution < -0.4 is 10.0 Å². The molecule has 5 nitrogen and oxygen atoms in total. The lowest BCUT2D eigenvalue weighted by atomic mass is 10.2. The number of aryl methyl sites for hydroxylation is 1. The number of benzene rings is 1. The summed E-state index contributed by atoms with van der Waals surface area (Å²) in [6.45, 7) is 4.43. The molecule has 0 aliphatic heterocycles. The summed E-state index contributed by atoms with van der Waals surface area (Å²) in [5, 5.41) is 3.02. The van der Waals surface area contributed by atoms with E-state index in [0.29, 0.717) is 17.9 Å². The molecule has 0 fully saturated rings. The second-order valence-corrected chi connectivity index (χ2v) is 6.89. The number of nitrogens with zero attached hydrogens (tertiary/aromatic N) is 1. The van der Waals surface area contributed by atoms with Crippen LogP contribution in [-0.4, -0.2) is 19.9 Å². The molecule has 1 heterocycles. The van der Waals surface area contributed by atoms with Crippen molar-refractivity contribution in [1.29, 1.82) is 0 Å². The molecule has 112 valence electrons. The highest BCUT2D eigenvalue weighted by Gasteiger charge is 2.20. The lowest BCUT2D eigenvalue weighted by Crippen LogP contribution is -2.16. The van der Waals surface area contributed by atoms with Gasteiger partial charge in [-0.15, -0.1) is 0 Å². The van der Waals surface area contributed by atoms with Crippen molar-refractivity contribution in [2.45, 2.75) is 18.7 Å². The summed E-state index contributed by atoms with van der Waals surface area (Å²) in [7, 11) is -3.71. The van der Waals surface area contributed by atoms with Crippen molar-refractivity contribution in [3.63, 3.8) is 0 Å². The van der Waals surface area contributed by atoms with Gasteiger partial charge in [-0.3, -0.25) is 9.71 Å². The quantitative estimate of drug-likeness (QED) is 0.847. The molecule has 0 radical (unpaired) electrons. The fourth-order valence-corrected chi connectivity index (χ4v) is 3.55. The van der Waals surface area contributed by atoms with E-state index in [1.54, 1.807) is 24.4 Å². The predicted octanol–water partition coefficient (Wildman–Crippen LogP) is 3.39. The number of nitrogens with one attached hydrogen (secondary N) is 2. The van der Waals surface area contributed by atoms with Crippen molar-refractivity contribution in [1.82, 2.24) is 4.98 Å². The van der Waals surface area contributed by atoms with Crippen molar-refractivity contribution in [3.8, 4) is 0 Å². The Hall–Kier alpha value is -1.60. The number of anilines is 2. The van der Waals surface area contributed by atoms with Gasteiger partial charge >= 0.3 is 0 Å². The lowest BCUT2D eigenvalue weighted by molar-refractivity contribution is 0.601. The number of rotatable bonds is 5. The molecule has 7 heteroatoms. The Morgan fingerprint density at radius 3 is 2.71 bits per heavy atom. The fraction of sp³-hybridized carbons (Fsp3) is 0.214. The molecule has 0 aliphatic rings. The van der Waals surface area contributed by atoms with Crippen LogP contribution in [0.2, 0.25) is 0 Å². The van der Waals surface area contributed by atoms with E-state index < -0.39 is 10.0 Å². The first kappa shape index (κ1) is 15.8. The second-order valence-electron chi connectivity index (χ2n) is 4.44. The van der Waals surface area contributed by atoms with Crippen LogP contribution in [0, 0.1) is 6.92 Å². The van der Waals surface area contributed by atoms with Crippen molar-refractivity contribution in [3.05, 3.63) is 46.7 Å².